The van der Waals surface area contributed by atoms with Gasteiger partial charge in [-0.1, -0.05) is 12.1 Å². The van der Waals surface area contributed by atoms with Crippen molar-refractivity contribution in [2.24, 2.45) is 0 Å². The molecular weight excluding hydrogens is 318 g/mol. The maximum Gasteiger partial charge on any atom is 0.243 e. The highest BCUT2D eigenvalue weighted by Crippen LogP contribution is 2.22. The van der Waals surface area contributed by atoms with E-state index in [-0.39, 0.29) is 0 Å². The highest BCUT2D eigenvalue weighted by molar-refractivity contribution is 7.98. The van der Waals surface area contributed by atoms with Crippen molar-refractivity contribution >= 4 is 21.8 Å². The SMILES string of the molecule is COc1cccc(CN(C)S(=O)(=O)c2ccc(SC)cc2)c1. The Kier molecular flexibility index (Phi) is 5.50. The first-order valence-electron chi connectivity index (χ1n) is 6.70. The van der Waals surface area contributed by atoms with Gasteiger partial charge in [-0.25, -0.2) is 8.42 Å². The van der Waals surface area contributed by atoms with Gasteiger partial charge in [0, 0.05) is 18.5 Å². The predicted molar refractivity (Wildman–Crippen MR) is 89.9 cm³/mol. The smallest absolute Gasteiger partial charge is 0.243 e. The monoisotopic (exact) mass is 337 g/mol. The van der Waals surface area contributed by atoms with Gasteiger partial charge < -0.3 is 4.74 Å². The van der Waals surface area contributed by atoms with Gasteiger partial charge in [0.25, 0.3) is 0 Å². The van der Waals surface area contributed by atoms with Crippen LogP contribution < -0.4 is 4.74 Å². The van der Waals surface area contributed by atoms with Gasteiger partial charge in [0.2, 0.25) is 10.0 Å². The molecule has 118 valence electrons. The van der Waals surface area contributed by atoms with E-state index in [0.717, 1.165) is 10.5 Å². The van der Waals surface area contributed by atoms with E-state index in [9.17, 15) is 8.42 Å². The lowest BCUT2D eigenvalue weighted by atomic mass is 10.2. The van der Waals surface area contributed by atoms with Crippen LogP contribution >= 0.6 is 11.8 Å². The highest BCUT2D eigenvalue weighted by atomic mass is 32.2. The molecule has 0 atom stereocenters. The number of thioether (sulfide) groups is 1. The lowest BCUT2D eigenvalue weighted by molar-refractivity contribution is 0.412. The molecule has 4 nitrogen and oxygen atoms in total. The summed E-state index contributed by atoms with van der Waals surface area (Å²) in [5.41, 5.74) is 0.881. The molecule has 0 radical (unpaired) electrons. The van der Waals surface area contributed by atoms with Gasteiger partial charge >= 0.3 is 0 Å². The fourth-order valence-electron chi connectivity index (χ4n) is 2.04. The van der Waals surface area contributed by atoms with Crippen LogP contribution in [0.4, 0.5) is 0 Å². The zero-order valence-corrected chi connectivity index (χ0v) is 14.4. The second-order valence-electron chi connectivity index (χ2n) is 4.79. The van der Waals surface area contributed by atoms with Crippen molar-refractivity contribution in [3.05, 3.63) is 54.1 Å². The van der Waals surface area contributed by atoms with Gasteiger partial charge in [0.05, 0.1) is 12.0 Å². The van der Waals surface area contributed by atoms with E-state index in [1.807, 2.05) is 42.7 Å². The summed E-state index contributed by atoms with van der Waals surface area (Å²) in [5.74, 6) is 0.715. The fraction of sp³-hybridized carbons (Fsp3) is 0.250. The van der Waals surface area contributed by atoms with Gasteiger partial charge in [-0.15, -0.1) is 11.8 Å². The Hall–Kier alpha value is -1.50. The molecule has 0 aliphatic heterocycles. The summed E-state index contributed by atoms with van der Waals surface area (Å²) in [5, 5.41) is 0. The summed E-state index contributed by atoms with van der Waals surface area (Å²) in [6.07, 6.45) is 1.96. The molecule has 6 heteroatoms. The molecule has 2 aromatic rings. The minimum Gasteiger partial charge on any atom is -0.497 e. The Morgan fingerprint density at radius 1 is 1.14 bits per heavy atom. The first kappa shape index (κ1) is 16.9. The first-order chi connectivity index (χ1) is 10.5. The van der Waals surface area contributed by atoms with Crippen LogP contribution in [0.5, 0.6) is 5.75 Å². The second kappa shape index (κ2) is 7.17. The molecule has 0 amide bonds. The molecule has 0 aliphatic rings. The van der Waals surface area contributed by atoms with Crippen LogP contribution in [0.1, 0.15) is 5.56 Å². The largest absolute Gasteiger partial charge is 0.497 e. The number of hydrogen-bond acceptors (Lipinski definition) is 4. The van der Waals surface area contributed by atoms with Gasteiger partial charge in [-0.05, 0) is 48.2 Å². The molecule has 0 aliphatic carbocycles. The minimum absolute atomic E-state index is 0.295. The van der Waals surface area contributed by atoms with Crippen molar-refractivity contribution in [1.29, 1.82) is 0 Å². The maximum atomic E-state index is 12.6. The zero-order valence-electron chi connectivity index (χ0n) is 12.8. The number of hydrogen-bond donors (Lipinski definition) is 0. The highest BCUT2D eigenvalue weighted by Gasteiger charge is 2.20. The Bertz CT molecular complexity index is 727. The Morgan fingerprint density at radius 3 is 2.41 bits per heavy atom. The molecule has 0 saturated carbocycles. The molecule has 0 bridgehead atoms. The lowest BCUT2D eigenvalue weighted by Crippen LogP contribution is -2.26. The number of sulfonamides is 1. The van der Waals surface area contributed by atoms with Crippen LogP contribution in [0.25, 0.3) is 0 Å². The van der Waals surface area contributed by atoms with Gasteiger partial charge in [-0.3, -0.25) is 0 Å². The molecule has 0 saturated heterocycles. The van der Waals surface area contributed by atoms with Crippen LogP contribution in [0.3, 0.4) is 0 Å². The summed E-state index contributed by atoms with van der Waals surface area (Å²) in [4.78, 5) is 1.34. The maximum absolute atomic E-state index is 12.6. The normalized spacial score (nSPS) is 11.6. The summed E-state index contributed by atoms with van der Waals surface area (Å²) in [6, 6.07) is 14.3. The number of nitrogens with zero attached hydrogens (tertiary/aromatic N) is 1. The van der Waals surface area contributed by atoms with E-state index in [4.69, 9.17) is 4.74 Å². The van der Waals surface area contributed by atoms with E-state index < -0.39 is 10.0 Å². The number of benzene rings is 2. The lowest BCUT2D eigenvalue weighted by Gasteiger charge is -2.18. The fourth-order valence-corrected chi connectivity index (χ4v) is 3.61. The predicted octanol–water partition coefficient (Wildman–Crippen LogP) is 3.24. The Morgan fingerprint density at radius 2 is 1.82 bits per heavy atom. The third kappa shape index (κ3) is 3.82. The van der Waals surface area contributed by atoms with Crippen LogP contribution in [-0.4, -0.2) is 33.1 Å². The van der Waals surface area contributed by atoms with Gasteiger partial charge in [-0.2, -0.15) is 4.31 Å². The minimum atomic E-state index is -3.50. The molecule has 22 heavy (non-hydrogen) atoms. The molecule has 0 spiro atoms. The quantitative estimate of drug-likeness (QED) is 0.759. The molecule has 2 aromatic carbocycles. The summed E-state index contributed by atoms with van der Waals surface area (Å²) in [7, 11) is -0.328. The zero-order chi connectivity index (χ0) is 16.2. The Balaban J connectivity index is 2.20. The second-order valence-corrected chi connectivity index (χ2v) is 7.71. The van der Waals surface area contributed by atoms with Gasteiger partial charge in [0.15, 0.2) is 0 Å². The van der Waals surface area contributed by atoms with Gasteiger partial charge in [0.1, 0.15) is 5.75 Å². The first-order valence-corrected chi connectivity index (χ1v) is 9.37. The van der Waals surface area contributed by atoms with E-state index >= 15 is 0 Å². The van der Waals surface area contributed by atoms with Crippen molar-refractivity contribution in [3.63, 3.8) is 0 Å². The third-order valence-corrected chi connectivity index (χ3v) is 5.87. The van der Waals surface area contributed by atoms with Crippen molar-refractivity contribution < 1.29 is 13.2 Å². The molecule has 0 aromatic heterocycles. The molecule has 0 heterocycles. The van der Waals surface area contributed by atoms with Crippen molar-refractivity contribution in [3.8, 4) is 5.75 Å². The molecule has 0 fully saturated rings. The Labute approximate surface area is 136 Å². The van der Waals surface area contributed by atoms with E-state index in [1.54, 1.807) is 38.1 Å². The van der Waals surface area contributed by atoms with Crippen molar-refractivity contribution in [2.75, 3.05) is 20.4 Å². The van der Waals surface area contributed by atoms with Crippen molar-refractivity contribution in [1.82, 2.24) is 4.31 Å². The standard InChI is InChI=1S/C16H19NO3S2/c1-17(12-13-5-4-6-14(11-13)20-2)22(18,19)16-9-7-15(21-3)8-10-16/h4-11H,12H2,1-3H3. The van der Waals surface area contributed by atoms with Crippen molar-refractivity contribution in [2.45, 2.75) is 16.3 Å². The molecule has 2 rings (SSSR count). The summed E-state index contributed by atoms with van der Waals surface area (Å²) in [6.45, 7) is 0.295. The molecule has 0 N–H and O–H groups in total. The molecular formula is C16H19NO3S2. The van der Waals surface area contributed by atoms with E-state index in [1.165, 1.54) is 4.31 Å². The molecule has 0 unspecified atom stereocenters. The average molecular weight is 337 g/mol. The number of ether oxygens (including phenoxy) is 1. The number of methoxy groups -OCH3 is 1. The van der Waals surface area contributed by atoms with Crippen LogP contribution in [0.2, 0.25) is 0 Å². The van der Waals surface area contributed by atoms with Crippen LogP contribution in [-0.2, 0) is 16.6 Å². The number of rotatable bonds is 6. The summed E-state index contributed by atoms with van der Waals surface area (Å²) < 4.78 is 31.7. The van der Waals surface area contributed by atoms with Crippen LogP contribution in [0.15, 0.2) is 58.3 Å². The topological polar surface area (TPSA) is 46.6 Å². The third-order valence-electron chi connectivity index (χ3n) is 3.31. The summed E-state index contributed by atoms with van der Waals surface area (Å²) >= 11 is 1.58. The van der Waals surface area contributed by atoms with Crippen LogP contribution in [0, 0.1) is 0 Å². The average Bonchev–Trinajstić information content (AvgIpc) is 2.55. The van der Waals surface area contributed by atoms with E-state index in [2.05, 4.69) is 0 Å². The van der Waals surface area contributed by atoms with E-state index in [0.29, 0.717) is 17.2 Å².